The molecule has 0 bridgehead atoms. The lowest BCUT2D eigenvalue weighted by Gasteiger charge is -2.09. The number of aromatic carboxylic acids is 1. The molecule has 9 heteroatoms. The van der Waals surface area contributed by atoms with E-state index in [0.717, 1.165) is 11.1 Å². The van der Waals surface area contributed by atoms with Crippen LogP contribution in [0.1, 0.15) is 21.7 Å². The third-order valence-corrected chi connectivity index (χ3v) is 5.43. The van der Waals surface area contributed by atoms with Gasteiger partial charge in [0.15, 0.2) is 5.76 Å². The van der Waals surface area contributed by atoms with Crippen molar-refractivity contribution < 1.29 is 24.0 Å². The van der Waals surface area contributed by atoms with Gasteiger partial charge in [-0.05, 0) is 30.7 Å². The van der Waals surface area contributed by atoms with Crippen molar-refractivity contribution in [3.63, 3.8) is 0 Å². The van der Waals surface area contributed by atoms with Gasteiger partial charge in [-0.3, -0.25) is 5.32 Å². The Balaban J connectivity index is 1.45. The van der Waals surface area contributed by atoms with Crippen molar-refractivity contribution in [3.05, 3.63) is 88.7 Å². The third kappa shape index (κ3) is 5.24. The first-order valence-electron chi connectivity index (χ1n) is 10.4. The van der Waals surface area contributed by atoms with Crippen molar-refractivity contribution in [1.29, 1.82) is 0 Å². The molecule has 0 saturated carbocycles. The van der Waals surface area contributed by atoms with Crippen molar-refractivity contribution in [2.24, 2.45) is 0 Å². The predicted octanol–water partition coefficient (Wildman–Crippen LogP) is 5.85. The zero-order valence-electron chi connectivity index (χ0n) is 18.1. The Morgan fingerprint density at radius 2 is 1.76 bits per heavy atom. The first-order valence-corrected chi connectivity index (χ1v) is 10.7. The molecule has 4 aromatic rings. The molecule has 0 aliphatic heterocycles. The Kier molecular flexibility index (Phi) is 6.89. The number of aryl methyl sites for hydroxylation is 1. The molecule has 0 spiro atoms. The summed E-state index contributed by atoms with van der Waals surface area (Å²) in [5.41, 5.74) is 3.69. The number of hydrogen-bond acceptors (Lipinski definition) is 6. The summed E-state index contributed by atoms with van der Waals surface area (Å²) in [6.45, 7) is 1.87. The maximum Gasteiger partial charge on any atom is 0.411 e. The zero-order valence-corrected chi connectivity index (χ0v) is 18.9. The Bertz CT molecular complexity index is 1330. The molecule has 0 aliphatic carbocycles. The predicted molar refractivity (Wildman–Crippen MR) is 127 cm³/mol. The number of amides is 1. The number of nitrogens with zero attached hydrogens (tertiary/aromatic N) is 2. The van der Waals surface area contributed by atoms with E-state index in [1.807, 2.05) is 18.2 Å². The lowest BCUT2D eigenvalue weighted by atomic mass is 10.1. The highest BCUT2D eigenvalue weighted by Crippen LogP contribution is 2.32. The highest BCUT2D eigenvalue weighted by Gasteiger charge is 2.18. The van der Waals surface area contributed by atoms with Gasteiger partial charge in [0.25, 0.3) is 0 Å². The number of nitrogens with one attached hydrogen (secondary N) is 1. The molecule has 1 amide bonds. The van der Waals surface area contributed by atoms with Gasteiger partial charge in [-0.15, -0.1) is 0 Å². The molecular formula is C25H20ClN3O5. The largest absolute Gasteiger partial charge is 0.477 e. The van der Waals surface area contributed by atoms with Crippen molar-refractivity contribution >= 4 is 29.4 Å². The molecule has 34 heavy (non-hydrogen) atoms. The molecule has 0 fully saturated rings. The second-order valence-corrected chi connectivity index (χ2v) is 7.77. The summed E-state index contributed by atoms with van der Waals surface area (Å²) in [5, 5.41) is 16.4. The highest BCUT2D eigenvalue weighted by atomic mass is 35.5. The maximum absolute atomic E-state index is 12.4. The monoisotopic (exact) mass is 477 g/mol. The van der Waals surface area contributed by atoms with Gasteiger partial charge in [0.2, 0.25) is 0 Å². The van der Waals surface area contributed by atoms with E-state index in [1.165, 1.54) is 6.07 Å². The molecule has 0 unspecified atom stereocenters. The molecular weight excluding hydrogens is 458 g/mol. The van der Waals surface area contributed by atoms with Crippen LogP contribution in [-0.4, -0.2) is 33.9 Å². The fraction of sp³-hybridized carbons (Fsp3) is 0.120. The summed E-state index contributed by atoms with van der Waals surface area (Å²) in [7, 11) is 0. The van der Waals surface area contributed by atoms with Gasteiger partial charge < -0.3 is 14.4 Å². The molecule has 0 aliphatic rings. The van der Waals surface area contributed by atoms with E-state index < -0.39 is 12.1 Å². The number of aromatic nitrogens is 2. The summed E-state index contributed by atoms with van der Waals surface area (Å²) in [5.74, 6) is -0.718. The number of hydrogen-bond donors (Lipinski definition) is 2. The average Bonchev–Trinajstić information content (AvgIpc) is 3.20. The van der Waals surface area contributed by atoms with E-state index in [9.17, 15) is 9.59 Å². The van der Waals surface area contributed by atoms with Crippen molar-refractivity contribution in [1.82, 2.24) is 10.1 Å². The minimum absolute atomic E-state index is 0.0352. The Morgan fingerprint density at radius 3 is 2.50 bits per heavy atom. The number of carboxylic acids is 1. The summed E-state index contributed by atoms with van der Waals surface area (Å²) < 4.78 is 10.7. The number of benzene rings is 2. The molecule has 0 saturated heterocycles. The number of pyridine rings is 1. The van der Waals surface area contributed by atoms with Crippen LogP contribution in [-0.2, 0) is 11.2 Å². The van der Waals surface area contributed by atoms with Gasteiger partial charge in [-0.25, -0.2) is 14.6 Å². The molecule has 2 aromatic carbocycles. The zero-order chi connectivity index (χ0) is 24.1. The normalized spacial score (nSPS) is 10.6. The molecule has 8 nitrogen and oxygen atoms in total. The van der Waals surface area contributed by atoms with Crippen molar-refractivity contribution in [3.8, 4) is 22.6 Å². The summed E-state index contributed by atoms with van der Waals surface area (Å²) in [4.78, 5) is 27.7. The SMILES string of the molecule is Cc1noc(-c2ccc(-c3cccc(C(=O)O)n3)cc2)c1NC(=O)OCCc1ccccc1Cl. The van der Waals surface area contributed by atoms with Gasteiger partial charge in [-0.2, -0.15) is 0 Å². The van der Waals surface area contributed by atoms with Crippen LogP contribution in [0.25, 0.3) is 22.6 Å². The van der Waals surface area contributed by atoms with Crippen LogP contribution in [0.5, 0.6) is 0 Å². The van der Waals surface area contributed by atoms with Crippen LogP contribution in [0.15, 0.2) is 71.3 Å². The van der Waals surface area contributed by atoms with Gasteiger partial charge in [0.1, 0.15) is 17.1 Å². The first kappa shape index (κ1) is 23.0. The van der Waals surface area contributed by atoms with E-state index in [1.54, 1.807) is 49.4 Å². The van der Waals surface area contributed by atoms with Crippen LogP contribution >= 0.6 is 11.6 Å². The summed E-state index contributed by atoms with van der Waals surface area (Å²) in [6.07, 6.45) is -0.146. The second kappa shape index (κ2) is 10.2. The standard InChI is InChI=1S/C25H20ClN3O5/c1-15-22(28-25(32)33-14-13-16-5-2-3-6-19(16)26)23(34-29-15)18-11-9-17(10-12-18)20-7-4-8-21(27-20)24(30)31/h2-12H,13-14H2,1H3,(H,28,32)(H,30,31). The average molecular weight is 478 g/mol. The number of carbonyl (C=O) groups is 2. The maximum atomic E-state index is 12.4. The Hall–Kier alpha value is -4.17. The van der Waals surface area contributed by atoms with E-state index in [-0.39, 0.29) is 12.3 Å². The van der Waals surface area contributed by atoms with Crippen LogP contribution in [0.4, 0.5) is 10.5 Å². The fourth-order valence-corrected chi connectivity index (χ4v) is 3.54. The van der Waals surface area contributed by atoms with Crippen LogP contribution in [0.2, 0.25) is 5.02 Å². The van der Waals surface area contributed by atoms with Crippen LogP contribution in [0.3, 0.4) is 0 Å². The van der Waals surface area contributed by atoms with Crippen LogP contribution < -0.4 is 5.32 Å². The van der Waals surface area contributed by atoms with E-state index in [4.69, 9.17) is 26.0 Å². The molecule has 2 aromatic heterocycles. The molecule has 0 atom stereocenters. The molecule has 2 heterocycles. The smallest absolute Gasteiger partial charge is 0.411 e. The van der Waals surface area contributed by atoms with Gasteiger partial charge in [0, 0.05) is 22.6 Å². The number of carboxylic acid groups (broad SMARTS) is 1. The number of anilines is 1. The van der Waals surface area contributed by atoms with Gasteiger partial charge >= 0.3 is 12.1 Å². The third-order valence-electron chi connectivity index (χ3n) is 5.06. The fourth-order valence-electron chi connectivity index (χ4n) is 3.31. The minimum Gasteiger partial charge on any atom is -0.477 e. The van der Waals surface area contributed by atoms with Crippen molar-refractivity contribution in [2.75, 3.05) is 11.9 Å². The first-order chi connectivity index (χ1) is 16.4. The topological polar surface area (TPSA) is 115 Å². The summed E-state index contributed by atoms with van der Waals surface area (Å²) >= 11 is 6.13. The van der Waals surface area contributed by atoms with Gasteiger partial charge in [-0.1, -0.05) is 65.3 Å². The number of ether oxygens (including phenoxy) is 1. The highest BCUT2D eigenvalue weighted by molar-refractivity contribution is 6.31. The molecule has 4 rings (SSSR count). The van der Waals surface area contributed by atoms with E-state index >= 15 is 0 Å². The Morgan fingerprint density at radius 1 is 1.03 bits per heavy atom. The minimum atomic E-state index is -1.09. The number of rotatable bonds is 7. The van der Waals surface area contributed by atoms with Crippen molar-refractivity contribution in [2.45, 2.75) is 13.3 Å². The molecule has 172 valence electrons. The lowest BCUT2D eigenvalue weighted by molar-refractivity contribution is 0.0690. The molecule has 0 radical (unpaired) electrons. The second-order valence-electron chi connectivity index (χ2n) is 7.37. The summed E-state index contributed by atoms with van der Waals surface area (Å²) in [6, 6.07) is 19.3. The van der Waals surface area contributed by atoms with Crippen LogP contribution in [0, 0.1) is 6.92 Å². The van der Waals surface area contributed by atoms with E-state index in [0.29, 0.717) is 39.8 Å². The van der Waals surface area contributed by atoms with Gasteiger partial charge in [0.05, 0.1) is 12.3 Å². The Labute approximate surface area is 200 Å². The quantitative estimate of drug-likeness (QED) is 0.343. The molecule has 2 N–H and O–H groups in total. The van der Waals surface area contributed by atoms with E-state index in [2.05, 4.69) is 15.5 Å². The number of halogens is 1. The lowest BCUT2D eigenvalue weighted by Crippen LogP contribution is -2.16. The number of carbonyl (C=O) groups excluding carboxylic acids is 1.